The summed E-state index contributed by atoms with van der Waals surface area (Å²) in [5.74, 6) is -0.793. The van der Waals surface area contributed by atoms with E-state index in [2.05, 4.69) is 19.9 Å². The molecule has 0 bridgehead atoms. The number of nitrogens with zero attached hydrogens (tertiary/aromatic N) is 2. The summed E-state index contributed by atoms with van der Waals surface area (Å²) >= 11 is 0.658. The number of carboxylic acid groups (broad SMARTS) is 1. The number of aryl methyl sites for hydroxylation is 1. The Labute approximate surface area is 106 Å². The quantitative estimate of drug-likeness (QED) is 0.759. The number of hydrogen-bond donors (Lipinski definition) is 3. The van der Waals surface area contributed by atoms with Gasteiger partial charge in [-0.2, -0.15) is 4.98 Å². The van der Waals surface area contributed by atoms with E-state index in [-0.39, 0.29) is 15.0 Å². The minimum atomic E-state index is -3.85. The first kappa shape index (κ1) is 12.5. The van der Waals surface area contributed by atoms with E-state index in [0.29, 0.717) is 17.2 Å². The number of sulfonamides is 1. The molecular formula is C8H8N4O4S2. The van der Waals surface area contributed by atoms with Crippen LogP contribution in [0.15, 0.2) is 16.3 Å². The molecule has 0 fully saturated rings. The van der Waals surface area contributed by atoms with Crippen LogP contribution < -0.4 is 4.72 Å². The largest absolute Gasteiger partial charge is 0.477 e. The second kappa shape index (κ2) is 4.38. The summed E-state index contributed by atoms with van der Waals surface area (Å²) in [4.78, 5) is 14.4. The zero-order valence-corrected chi connectivity index (χ0v) is 10.7. The van der Waals surface area contributed by atoms with Gasteiger partial charge in [-0.25, -0.2) is 17.9 Å². The summed E-state index contributed by atoms with van der Waals surface area (Å²) in [5.41, 5.74) is 0. The molecule has 0 unspecified atom stereocenters. The number of hydrogen-bond acceptors (Lipinski definition) is 6. The highest BCUT2D eigenvalue weighted by Gasteiger charge is 2.20. The predicted molar refractivity (Wildman–Crippen MR) is 63.2 cm³/mol. The number of H-pyrrole nitrogens is 1. The number of carbonyl (C=O) groups is 1. The molecule has 2 aromatic heterocycles. The van der Waals surface area contributed by atoms with E-state index < -0.39 is 16.0 Å². The molecule has 0 radical (unpaired) electrons. The fraction of sp³-hybridized carbons (Fsp3) is 0.125. The minimum absolute atomic E-state index is 0.0541. The van der Waals surface area contributed by atoms with Crippen molar-refractivity contribution in [2.24, 2.45) is 0 Å². The van der Waals surface area contributed by atoms with Crippen LogP contribution in [0.5, 0.6) is 0 Å². The van der Waals surface area contributed by atoms with Gasteiger partial charge in [-0.1, -0.05) is 0 Å². The number of aromatic carboxylic acids is 1. The van der Waals surface area contributed by atoms with E-state index in [1.54, 1.807) is 6.92 Å². The maximum absolute atomic E-state index is 11.9. The molecule has 3 N–H and O–H groups in total. The predicted octanol–water partition coefficient (Wildman–Crippen LogP) is 0.674. The normalized spacial score (nSPS) is 11.4. The van der Waals surface area contributed by atoms with Crippen molar-refractivity contribution in [3.8, 4) is 0 Å². The lowest BCUT2D eigenvalue weighted by molar-refractivity contribution is 0.0702. The highest BCUT2D eigenvalue weighted by atomic mass is 32.2. The molecule has 2 heterocycles. The molecule has 0 saturated heterocycles. The van der Waals surface area contributed by atoms with Crippen molar-refractivity contribution in [3.05, 3.63) is 22.8 Å². The van der Waals surface area contributed by atoms with Crippen molar-refractivity contribution in [2.75, 3.05) is 4.72 Å². The molecule has 8 nitrogen and oxygen atoms in total. The number of rotatable bonds is 4. The first-order valence-electron chi connectivity index (χ1n) is 4.63. The molecule has 0 aliphatic heterocycles. The smallest absolute Gasteiger partial charge is 0.345 e. The first-order valence-corrected chi connectivity index (χ1v) is 6.93. The van der Waals surface area contributed by atoms with E-state index in [4.69, 9.17) is 5.11 Å². The Balaban J connectivity index is 2.27. The fourth-order valence-corrected chi connectivity index (χ4v) is 3.23. The Morgan fingerprint density at radius 1 is 1.50 bits per heavy atom. The molecular weight excluding hydrogens is 280 g/mol. The summed E-state index contributed by atoms with van der Waals surface area (Å²) in [6.07, 6.45) is 0. The Morgan fingerprint density at radius 3 is 2.72 bits per heavy atom. The van der Waals surface area contributed by atoms with E-state index in [1.165, 1.54) is 12.1 Å². The van der Waals surface area contributed by atoms with E-state index >= 15 is 0 Å². The number of carboxylic acids is 1. The van der Waals surface area contributed by atoms with Gasteiger partial charge in [0.25, 0.3) is 16.0 Å². The van der Waals surface area contributed by atoms with Crippen molar-refractivity contribution in [3.63, 3.8) is 0 Å². The van der Waals surface area contributed by atoms with Gasteiger partial charge < -0.3 is 5.11 Å². The van der Waals surface area contributed by atoms with Crippen molar-refractivity contribution in [1.29, 1.82) is 0 Å². The lowest BCUT2D eigenvalue weighted by Crippen LogP contribution is -2.12. The Bertz CT molecular complexity index is 688. The Morgan fingerprint density at radius 2 is 2.22 bits per heavy atom. The van der Waals surface area contributed by atoms with Crippen LogP contribution in [0.3, 0.4) is 0 Å². The van der Waals surface area contributed by atoms with Gasteiger partial charge in [0, 0.05) is 0 Å². The number of anilines is 1. The van der Waals surface area contributed by atoms with Crippen LogP contribution >= 0.6 is 11.3 Å². The van der Waals surface area contributed by atoms with Gasteiger partial charge in [0.05, 0.1) is 0 Å². The van der Waals surface area contributed by atoms with Gasteiger partial charge in [-0.05, 0) is 19.1 Å². The average molecular weight is 288 g/mol. The maximum atomic E-state index is 11.9. The molecule has 0 aromatic carbocycles. The third-order valence-corrected chi connectivity index (χ3v) is 4.77. The summed E-state index contributed by atoms with van der Waals surface area (Å²) in [6.45, 7) is 1.62. The summed E-state index contributed by atoms with van der Waals surface area (Å²) < 4.78 is 25.8. The lowest BCUT2D eigenvalue weighted by Gasteiger charge is -2.00. The van der Waals surface area contributed by atoms with Crippen LogP contribution in [0.25, 0.3) is 0 Å². The topological polar surface area (TPSA) is 125 Å². The summed E-state index contributed by atoms with van der Waals surface area (Å²) in [6, 6.07) is 2.45. The summed E-state index contributed by atoms with van der Waals surface area (Å²) in [7, 11) is -3.85. The highest BCUT2D eigenvalue weighted by molar-refractivity contribution is 7.94. The van der Waals surface area contributed by atoms with Crippen molar-refractivity contribution >= 4 is 33.3 Å². The van der Waals surface area contributed by atoms with Gasteiger partial charge in [0.1, 0.15) is 14.9 Å². The van der Waals surface area contributed by atoms with Gasteiger partial charge >= 0.3 is 5.97 Å². The van der Waals surface area contributed by atoms with Crippen LogP contribution in [-0.2, 0) is 10.0 Å². The molecule has 0 spiro atoms. The Kier molecular flexibility index (Phi) is 3.05. The number of nitrogens with one attached hydrogen (secondary N) is 2. The zero-order valence-electron chi connectivity index (χ0n) is 9.04. The van der Waals surface area contributed by atoms with Crippen LogP contribution in [0.4, 0.5) is 5.95 Å². The van der Waals surface area contributed by atoms with Gasteiger partial charge in [-0.3, -0.25) is 5.10 Å². The Hall–Kier alpha value is -1.94. The SMILES string of the molecule is Cc1nc(NS(=O)(=O)c2ccc(C(=O)O)s2)n[nH]1. The van der Waals surface area contributed by atoms with Crippen LogP contribution in [0.2, 0.25) is 0 Å². The monoisotopic (exact) mass is 288 g/mol. The standard InChI is InChI=1S/C8H8N4O4S2/c1-4-9-8(11-10-4)12-18(15,16)6-3-2-5(17-6)7(13)14/h2-3H,1H3,(H,13,14)(H2,9,10,11,12). The van der Waals surface area contributed by atoms with Gasteiger partial charge in [-0.15, -0.1) is 16.4 Å². The summed E-state index contributed by atoms with van der Waals surface area (Å²) in [5, 5.41) is 14.8. The van der Waals surface area contributed by atoms with Gasteiger partial charge in [0.2, 0.25) is 0 Å². The van der Waals surface area contributed by atoms with Crippen molar-refractivity contribution < 1.29 is 18.3 Å². The fourth-order valence-electron chi connectivity index (χ4n) is 1.14. The molecule has 2 aromatic rings. The van der Waals surface area contributed by atoms with Crippen molar-refractivity contribution in [1.82, 2.24) is 15.2 Å². The molecule has 0 aliphatic carbocycles. The highest BCUT2D eigenvalue weighted by Crippen LogP contribution is 2.23. The second-order valence-electron chi connectivity index (χ2n) is 3.27. The molecule has 0 atom stereocenters. The first-order chi connectivity index (χ1) is 8.38. The minimum Gasteiger partial charge on any atom is -0.477 e. The molecule has 0 saturated carbocycles. The average Bonchev–Trinajstić information content (AvgIpc) is 2.86. The third-order valence-electron chi connectivity index (χ3n) is 1.88. The van der Waals surface area contributed by atoms with Crippen LogP contribution in [0.1, 0.15) is 15.5 Å². The molecule has 0 amide bonds. The third kappa shape index (κ3) is 2.49. The van der Waals surface area contributed by atoms with Crippen LogP contribution in [-0.4, -0.2) is 34.7 Å². The van der Waals surface area contributed by atoms with E-state index in [1.807, 2.05) is 0 Å². The lowest BCUT2D eigenvalue weighted by atomic mass is 10.5. The van der Waals surface area contributed by atoms with Gasteiger partial charge in [0.15, 0.2) is 0 Å². The molecule has 96 valence electrons. The molecule has 18 heavy (non-hydrogen) atoms. The van der Waals surface area contributed by atoms with Crippen LogP contribution in [0, 0.1) is 6.92 Å². The van der Waals surface area contributed by atoms with Crippen molar-refractivity contribution in [2.45, 2.75) is 11.1 Å². The molecule has 2 rings (SSSR count). The van der Waals surface area contributed by atoms with E-state index in [9.17, 15) is 13.2 Å². The number of thiophene rings is 1. The zero-order chi connectivity index (χ0) is 13.3. The molecule has 0 aliphatic rings. The maximum Gasteiger partial charge on any atom is 0.345 e. The second-order valence-corrected chi connectivity index (χ2v) is 6.27. The molecule has 10 heteroatoms. The van der Waals surface area contributed by atoms with E-state index in [0.717, 1.165) is 0 Å². The number of aromatic nitrogens is 3. The number of aromatic amines is 1.